The van der Waals surface area contributed by atoms with E-state index >= 15 is 0 Å². The molecule has 3 aliphatic rings. The number of para-hydroxylation sites is 1. The number of ether oxygens (including phenoxy) is 3. The minimum Gasteiger partial charge on any atom is -0.492 e. The van der Waals surface area contributed by atoms with E-state index in [9.17, 15) is 9.59 Å². The molecule has 8 nitrogen and oxygen atoms in total. The van der Waals surface area contributed by atoms with Crippen molar-refractivity contribution in [1.29, 1.82) is 0 Å². The highest BCUT2D eigenvalue weighted by atomic mass is 16.5. The molecule has 4 rings (SSSR count). The Hall–Kier alpha value is -2.16. The Balaban J connectivity index is 1.40. The zero-order valence-corrected chi connectivity index (χ0v) is 19.6. The maximum absolute atomic E-state index is 12.9. The number of carbonyl (C=O) groups is 2. The third kappa shape index (κ3) is 6.68. The number of nitrogens with zero attached hydrogens (tertiary/aromatic N) is 2. The predicted octanol–water partition coefficient (Wildman–Crippen LogP) is 1.94. The number of amides is 2. The highest BCUT2D eigenvalue weighted by molar-refractivity contribution is 5.96. The molecule has 0 aliphatic carbocycles. The fourth-order valence-electron chi connectivity index (χ4n) is 4.90. The van der Waals surface area contributed by atoms with Crippen LogP contribution >= 0.6 is 0 Å². The number of likely N-dealkylation sites (tertiary alicyclic amines) is 1. The van der Waals surface area contributed by atoms with Gasteiger partial charge in [-0.3, -0.25) is 14.5 Å². The Morgan fingerprint density at radius 3 is 2.52 bits per heavy atom. The second kappa shape index (κ2) is 11.8. The first-order valence-corrected chi connectivity index (χ1v) is 12.3. The summed E-state index contributed by atoms with van der Waals surface area (Å²) < 4.78 is 17.4. The molecule has 8 heteroatoms. The van der Waals surface area contributed by atoms with Crippen LogP contribution in [0.3, 0.4) is 0 Å². The first-order valence-electron chi connectivity index (χ1n) is 12.3. The number of hydrogen-bond donors (Lipinski definition) is 1. The second-order valence-corrected chi connectivity index (χ2v) is 9.38. The van der Waals surface area contributed by atoms with Crippen LogP contribution in [0.4, 0.5) is 0 Å². The van der Waals surface area contributed by atoms with Crippen LogP contribution in [0.5, 0.6) is 5.75 Å². The van der Waals surface area contributed by atoms with Crippen LogP contribution in [-0.4, -0.2) is 93.9 Å². The Bertz CT molecular complexity index is 788. The van der Waals surface area contributed by atoms with E-state index in [-0.39, 0.29) is 17.2 Å². The standard InChI is InChI=1S/C25H37N3O5/c29-23(19-27-13-17-32-18-14-27)28-11-8-25(9-12-28)7-3-4-15-31-16-10-26-24(30)21-5-1-2-6-22(21)33-20-25/h1-2,5-6H,3-4,7-20H2,(H,26,30). The van der Waals surface area contributed by atoms with E-state index in [0.717, 1.165) is 58.3 Å². The number of fused-ring (bicyclic) bond motifs is 1. The molecule has 33 heavy (non-hydrogen) atoms. The summed E-state index contributed by atoms with van der Waals surface area (Å²) in [6.45, 7) is 7.32. The molecule has 1 spiro atoms. The largest absolute Gasteiger partial charge is 0.492 e. The highest BCUT2D eigenvalue weighted by Crippen LogP contribution is 2.38. The number of morpholine rings is 1. The van der Waals surface area contributed by atoms with Crippen molar-refractivity contribution in [2.45, 2.75) is 32.1 Å². The first-order chi connectivity index (χ1) is 16.2. The third-order valence-electron chi connectivity index (χ3n) is 7.08. The van der Waals surface area contributed by atoms with Gasteiger partial charge in [0.1, 0.15) is 5.75 Å². The van der Waals surface area contributed by atoms with Crippen LogP contribution < -0.4 is 10.1 Å². The van der Waals surface area contributed by atoms with Crippen LogP contribution in [0, 0.1) is 5.41 Å². The summed E-state index contributed by atoms with van der Waals surface area (Å²) in [5.41, 5.74) is 0.562. The van der Waals surface area contributed by atoms with Gasteiger partial charge in [0.25, 0.3) is 5.91 Å². The Labute approximate surface area is 196 Å². The number of rotatable bonds is 2. The van der Waals surface area contributed by atoms with E-state index in [1.807, 2.05) is 23.1 Å². The normalized spacial score (nSPS) is 23.2. The summed E-state index contributed by atoms with van der Waals surface area (Å²) in [4.78, 5) is 29.7. The van der Waals surface area contributed by atoms with Gasteiger partial charge >= 0.3 is 0 Å². The fourth-order valence-corrected chi connectivity index (χ4v) is 4.90. The lowest BCUT2D eigenvalue weighted by molar-refractivity contribution is -0.136. The highest BCUT2D eigenvalue weighted by Gasteiger charge is 2.37. The Kier molecular flexibility index (Phi) is 8.58. The molecule has 0 aromatic heterocycles. The molecule has 0 atom stereocenters. The van der Waals surface area contributed by atoms with Crippen molar-refractivity contribution in [2.24, 2.45) is 5.41 Å². The summed E-state index contributed by atoms with van der Waals surface area (Å²) in [7, 11) is 0. The van der Waals surface area contributed by atoms with Crippen molar-refractivity contribution < 1.29 is 23.8 Å². The van der Waals surface area contributed by atoms with Gasteiger partial charge in [-0.2, -0.15) is 0 Å². The molecule has 0 bridgehead atoms. The van der Waals surface area contributed by atoms with Gasteiger partial charge in [-0.05, 0) is 37.8 Å². The van der Waals surface area contributed by atoms with Gasteiger partial charge in [-0.15, -0.1) is 0 Å². The average molecular weight is 460 g/mol. The molecule has 2 fully saturated rings. The van der Waals surface area contributed by atoms with Gasteiger partial charge in [-0.1, -0.05) is 18.6 Å². The molecule has 1 aromatic rings. The zero-order chi connectivity index (χ0) is 22.9. The number of hydrogen-bond acceptors (Lipinski definition) is 6. The van der Waals surface area contributed by atoms with E-state index < -0.39 is 0 Å². The van der Waals surface area contributed by atoms with E-state index in [4.69, 9.17) is 14.2 Å². The second-order valence-electron chi connectivity index (χ2n) is 9.38. The molecule has 1 aromatic carbocycles. The van der Waals surface area contributed by atoms with E-state index in [1.54, 1.807) is 6.07 Å². The van der Waals surface area contributed by atoms with Gasteiger partial charge in [0, 0.05) is 44.7 Å². The fraction of sp³-hybridized carbons (Fsp3) is 0.680. The maximum atomic E-state index is 12.9. The average Bonchev–Trinajstić information content (AvgIpc) is 2.85. The molecular formula is C25H37N3O5. The number of nitrogens with one attached hydrogen (secondary N) is 1. The smallest absolute Gasteiger partial charge is 0.255 e. The van der Waals surface area contributed by atoms with E-state index in [2.05, 4.69) is 10.2 Å². The molecule has 3 heterocycles. The molecule has 2 saturated heterocycles. The van der Waals surface area contributed by atoms with E-state index in [0.29, 0.717) is 57.4 Å². The minimum absolute atomic E-state index is 0.00342. The molecule has 0 radical (unpaired) electrons. The van der Waals surface area contributed by atoms with Gasteiger partial charge in [-0.25, -0.2) is 0 Å². The van der Waals surface area contributed by atoms with Gasteiger partial charge in [0.05, 0.1) is 38.5 Å². The summed E-state index contributed by atoms with van der Waals surface area (Å²) in [6, 6.07) is 7.43. The molecule has 3 aliphatic heterocycles. The molecule has 2 amide bonds. The number of piperidine rings is 1. The van der Waals surface area contributed by atoms with Crippen molar-refractivity contribution in [1.82, 2.24) is 15.1 Å². The molecule has 1 N–H and O–H groups in total. The minimum atomic E-state index is -0.135. The molecule has 0 saturated carbocycles. The predicted molar refractivity (Wildman–Crippen MR) is 124 cm³/mol. The van der Waals surface area contributed by atoms with E-state index in [1.165, 1.54) is 0 Å². The summed E-state index contributed by atoms with van der Waals surface area (Å²) in [5, 5.41) is 2.92. The summed E-state index contributed by atoms with van der Waals surface area (Å²) in [6.07, 6.45) is 4.93. The van der Waals surface area contributed by atoms with Crippen molar-refractivity contribution in [2.75, 3.05) is 72.3 Å². The molecular weight excluding hydrogens is 422 g/mol. The summed E-state index contributed by atoms with van der Waals surface area (Å²) >= 11 is 0. The van der Waals surface area contributed by atoms with Crippen molar-refractivity contribution >= 4 is 11.8 Å². The quantitative estimate of drug-likeness (QED) is 0.728. The lowest BCUT2D eigenvalue weighted by Crippen LogP contribution is -2.50. The molecule has 182 valence electrons. The number of carbonyl (C=O) groups excluding carboxylic acids is 2. The van der Waals surface area contributed by atoms with Crippen LogP contribution in [0.15, 0.2) is 24.3 Å². The lowest BCUT2D eigenvalue weighted by atomic mass is 9.75. The lowest BCUT2D eigenvalue weighted by Gasteiger charge is -2.42. The van der Waals surface area contributed by atoms with Crippen molar-refractivity contribution in [3.05, 3.63) is 29.8 Å². The monoisotopic (exact) mass is 459 g/mol. The SMILES string of the molecule is O=C1NCCOCCCCC2(CCN(C(=O)CN3CCOCC3)CC2)COc2ccccc21. The zero-order valence-electron chi connectivity index (χ0n) is 19.6. The molecule has 0 unspecified atom stereocenters. The van der Waals surface area contributed by atoms with Crippen LogP contribution in [0.25, 0.3) is 0 Å². The van der Waals surface area contributed by atoms with Crippen LogP contribution in [-0.2, 0) is 14.3 Å². The number of benzene rings is 1. The summed E-state index contributed by atoms with van der Waals surface area (Å²) in [5.74, 6) is 0.700. The van der Waals surface area contributed by atoms with Crippen LogP contribution in [0.1, 0.15) is 42.5 Å². The third-order valence-corrected chi connectivity index (χ3v) is 7.08. The van der Waals surface area contributed by atoms with Gasteiger partial charge < -0.3 is 24.4 Å². The Morgan fingerprint density at radius 2 is 1.70 bits per heavy atom. The Morgan fingerprint density at radius 1 is 0.939 bits per heavy atom. The van der Waals surface area contributed by atoms with Crippen LogP contribution in [0.2, 0.25) is 0 Å². The topological polar surface area (TPSA) is 80.3 Å². The van der Waals surface area contributed by atoms with Crippen molar-refractivity contribution in [3.8, 4) is 5.75 Å². The first kappa shape index (κ1) is 24.0. The van der Waals surface area contributed by atoms with Crippen molar-refractivity contribution in [3.63, 3.8) is 0 Å². The van der Waals surface area contributed by atoms with Gasteiger partial charge in [0.2, 0.25) is 5.91 Å². The maximum Gasteiger partial charge on any atom is 0.255 e. The van der Waals surface area contributed by atoms with Gasteiger partial charge in [0.15, 0.2) is 0 Å².